The molecule has 4 heterocycles. The van der Waals surface area contributed by atoms with E-state index in [0.717, 1.165) is 38.4 Å². The van der Waals surface area contributed by atoms with Crippen LogP contribution in [0, 0.1) is 23.5 Å². The molecule has 0 radical (unpaired) electrons. The molecule has 1 saturated carbocycles. The number of aromatic nitrogens is 3. The van der Waals surface area contributed by atoms with Crippen LogP contribution in [0.1, 0.15) is 42.1 Å². The molecule has 3 atom stereocenters. The molecule has 0 N–H and O–H groups in total. The van der Waals surface area contributed by atoms with Crippen LogP contribution in [-0.4, -0.2) is 45.0 Å². The third-order valence-corrected chi connectivity index (χ3v) is 7.22. The predicted molar refractivity (Wildman–Crippen MR) is 111 cm³/mol. The number of halogens is 2. The van der Waals surface area contributed by atoms with Gasteiger partial charge in [0.2, 0.25) is 0 Å². The summed E-state index contributed by atoms with van der Waals surface area (Å²) in [6, 6.07) is 5.51. The maximum absolute atomic E-state index is 14.7. The van der Waals surface area contributed by atoms with Gasteiger partial charge >= 0.3 is 0 Å². The van der Waals surface area contributed by atoms with Crippen LogP contribution < -0.4 is 4.90 Å². The summed E-state index contributed by atoms with van der Waals surface area (Å²) in [5.41, 5.74) is 0.813. The fourth-order valence-corrected chi connectivity index (χ4v) is 5.55. The Balaban J connectivity index is 1.40. The summed E-state index contributed by atoms with van der Waals surface area (Å²) in [7, 11) is 0. The highest BCUT2D eigenvalue weighted by atomic mass is 19.1. The van der Waals surface area contributed by atoms with E-state index in [1.54, 1.807) is 16.9 Å². The Morgan fingerprint density at radius 2 is 2.06 bits per heavy atom. The van der Waals surface area contributed by atoms with Gasteiger partial charge in [0.1, 0.15) is 23.0 Å². The monoisotopic (exact) mass is 423 g/mol. The summed E-state index contributed by atoms with van der Waals surface area (Å²) in [5.74, 6) is 0.558. The summed E-state index contributed by atoms with van der Waals surface area (Å²) in [5, 5.41) is 4.31. The molecule has 6 nitrogen and oxygen atoms in total. The van der Waals surface area contributed by atoms with E-state index in [9.17, 15) is 13.6 Å². The molecule has 3 fully saturated rings. The molecule has 2 saturated heterocycles. The largest absolute Gasteiger partial charge is 0.346 e. The molecule has 3 aliphatic rings. The quantitative estimate of drug-likeness (QED) is 0.646. The molecule has 0 spiro atoms. The zero-order valence-electron chi connectivity index (χ0n) is 17.3. The van der Waals surface area contributed by atoms with Crippen LogP contribution in [-0.2, 0) is 5.54 Å². The van der Waals surface area contributed by atoms with Gasteiger partial charge in [0.05, 0.1) is 11.7 Å². The maximum atomic E-state index is 14.7. The number of amides is 1. The summed E-state index contributed by atoms with van der Waals surface area (Å²) in [6.45, 7) is 4.34. The summed E-state index contributed by atoms with van der Waals surface area (Å²) >= 11 is 0. The van der Waals surface area contributed by atoms with Gasteiger partial charge in [-0.3, -0.25) is 4.79 Å². The van der Waals surface area contributed by atoms with Crippen molar-refractivity contribution in [3.8, 4) is 0 Å². The van der Waals surface area contributed by atoms with E-state index in [1.807, 2.05) is 11.0 Å². The van der Waals surface area contributed by atoms with Gasteiger partial charge < -0.3 is 9.80 Å². The van der Waals surface area contributed by atoms with Crippen molar-refractivity contribution < 1.29 is 13.6 Å². The van der Waals surface area contributed by atoms with Crippen LogP contribution in [0.15, 0.2) is 36.7 Å². The normalized spacial score (nSPS) is 27.2. The zero-order valence-corrected chi connectivity index (χ0v) is 17.3. The number of nitrogens with zero attached hydrogens (tertiary/aromatic N) is 5. The molecule has 0 bridgehead atoms. The van der Waals surface area contributed by atoms with Crippen molar-refractivity contribution in [1.82, 2.24) is 19.5 Å². The first-order valence-corrected chi connectivity index (χ1v) is 10.8. The Kier molecular flexibility index (Phi) is 3.91. The molecule has 160 valence electrons. The highest BCUT2D eigenvalue weighted by molar-refractivity contribution is 6.00. The lowest BCUT2D eigenvalue weighted by molar-refractivity contribution is 0.0790. The number of likely N-dealkylation sites (tertiary alicyclic amines) is 1. The fraction of sp³-hybridized carbons (Fsp3) is 0.435. The molecule has 2 aliphatic heterocycles. The minimum Gasteiger partial charge on any atom is -0.346 e. The summed E-state index contributed by atoms with van der Waals surface area (Å²) in [6.07, 6.45) is 6.03. The number of fused-ring (bicyclic) bond motifs is 2. The van der Waals surface area contributed by atoms with Gasteiger partial charge in [-0.15, -0.1) is 0 Å². The molecule has 2 aromatic heterocycles. The Morgan fingerprint density at radius 3 is 2.84 bits per heavy atom. The molecular formula is C23H23F2N5O. The van der Waals surface area contributed by atoms with Crippen molar-refractivity contribution in [2.75, 3.05) is 24.5 Å². The van der Waals surface area contributed by atoms with Crippen molar-refractivity contribution in [2.45, 2.75) is 31.7 Å². The number of hydrogen-bond donors (Lipinski definition) is 0. The minimum atomic E-state index is -0.563. The lowest BCUT2D eigenvalue weighted by atomic mass is 10.0. The molecule has 6 rings (SSSR count). The lowest BCUT2D eigenvalue weighted by Gasteiger charge is -2.30. The third-order valence-electron chi connectivity index (χ3n) is 7.22. The minimum absolute atomic E-state index is 0.0550. The van der Waals surface area contributed by atoms with E-state index in [2.05, 4.69) is 16.9 Å². The second-order valence-corrected chi connectivity index (χ2v) is 9.15. The van der Waals surface area contributed by atoms with Gasteiger partial charge in [-0.2, -0.15) is 5.10 Å². The molecule has 8 heteroatoms. The van der Waals surface area contributed by atoms with Gasteiger partial charge in [0.25, 0.3) is 5.91 Å². The van der Waals surface area contributed by atoms with Crippen molar-refractivity contribution in [3.63, 3.8) is 0 Å². The van der Waals surface area contributed by atoms with E-state index in [4.69, 9.17) is 4.98 Å². The molecule has 1 amide bonds. The Labute approximate surface area is 178 Å². The van der Waals surface area contributed by atoms with Gasteiger partial charge in [0, 0.05) is 31.4 Å². The number of carbonyl (C=O) groups is 1. The van der Waals surface area contributed by atoms with E-state index >= 15 is 0 Å². The maximum Gasteiger partial charge on any atom is 0.259 e. The second-order valence-electron chi connectivity index (χ2n) is 9.15. The van der Waals surface area contributed by atoms with Crippen molar-refractivity contribution in [1.29, 1.82) is 0 Å². The van der Waals surface area contributed by atoms with Crippen LogP contribution in [0.25, 0.3) is 5.65 Å². The average Bonchev–Trinajstić information content (AvgIpc) is 3.10. The van der Waals surface area contributed by atoms with Crippen molar-refractivity contribution in [3.05, 3.63) is 59.4 Å². The summed E-state index contributed by atoms with van der Waals surface area (Å²) in [4.78, 5) is 21.8. The lowest BCUT2D eigenvalue weighted by Crippen LogP contribution is -2.34. The summed E-state index contributed by atoms with van der Waals surface area (Å²) < 4.78 is 30.2. The first kappa shape index (κ1) is 18.7. The molecular weight excluding hydrogens is 400 g/mol. The number of hydrogen-bond acceptors (Lipinski definition) is 4. The van der Waals surface area contributed by atoms with E-state index < -0.39 is 11.4 Å². The number of benzene rings is 1. The highest BCUT2D eigenvalue weighted by Crippen LogP contribution is 2.63. The predicted octanol–water partition coefficient (Wildman–Crippen LogP) is 3.62. The molecule has 31 heavy (non-hydrogen) atoms. The zero-order chi connectivity index (χ0) is 21.3. The standard InChI is InChI=1S/C23H23F2N5O/c1-14-4-7-28(13-14)22(31)17-12-26-30-9-6-20(27-21(17)30)29-8-5-15-11-23(15,29)18-10-16(24)2-3-19(18)25/h2-3,6,9-10,12,14-15H,4-5,7-8,11,13H2,1H3/t14-,15-,23+/m0/s1. The number of piperidine rings is 1. The van der Waals surface area contributed by atoms with E-state index in [-0.39, 0.29) is 17.6 Å². The van der Waals surface area contributed by atoms with E-state index in [0.29, 0.717) is 35.1 Å². The van der Waals surface area contributed by atoms with Crippen LogP contribution in [0.5, 0.6) is 0 Å². The topological polar surface area (TPSA) is 53.7 Å². The van der Waals surface area contributed by atoms with Gasteiger partial charge in [0.15, 0.2) is 5.65 Å². The Bertz CT molecular complexity index is 1210. The fourth-order valence-electron chi connectivity index (χ4n) is 5.55. The van der Waals surface area contributed by atoms with Gasteiger partial charge in [-0.1, -0.05) is 6.92 Å². The Hall–Kier alpha value is -3.03. The van der Waals surface area contributed by atoms with Gasteiger partial charge in [-0.05, 0) is 55.4 Å². The second kappa shape index (κ2) is 6.48. The third kappa shape index (κ3) is 2.70. The van der Waals surface area contributed by atoms with Crippen molar-refractivity contribution >= 4 is 17.4 Å². The van der Waals surface area contributed by atoms with Crippen LogP contribution in [0.4, 0.5) is 14.6 Å². The van der Waals surface area contributed by atoms with Crippen LogP contribution in [0.2, 0.25) is 0 Å². The number of anilines is 1. The first-order valence-electron chi connectivity index (χ1n) is 10.8. The molecule has 1 aliphatic carbocycles. The SMILES string of the molecule is C[C@H]1CCN(C(=O)c2cnn3ccc(N4CC[C@H]5C[C@]54c4cc(F)ccc4F)nc23)C1. The van der Waals surface area contributed by atoms with Crippen molar-refractivity contribution in [2.24, 2.45) is 11.8 Å². The molecule has 1 aromatic carbocycles. The molecule has 3 aromatic rings. The van der Waals surface area contributed by atoms with Crippen LogP contribution >= 0.6 is 0 Å². The van der Waals surface area contributed by atoms with Crippen LogP contribution in [0.3, 0.4) is 0 Å². The average molecular weight is 423 g/mol. The first-order chi connectivity index (χ1) is 15.0. The van der Waals surface area contributed by atoms with E-state index in [1.165, 1.54) is 12.1 Å². The molecule has 0 unspecified atom stereocenters. The highest BCUT2D eigenvalue weighted by Gasteiger charge is 2.64. The van der Waals surface area contributed by atoms with Gasteiger partial charge in [-0.25, -0.2) is 18.3 Å². The Morgan fingerprint density at radius 1 is 1.19 bits per heavy atom. The smallest absolute Gasteiger partial charge is 0.259 e. The number of rotatable bonds is 3. The number of carbonyl (C=O) groups excluding carboxylic acids is 1.